The van der Waals surface area contributed by atoms with Crippen LogP contribution in [0.1, 0.15) is 23.7 Å². The van der Waals surface area contributed by atoms with Crippen molar-refractivity contribution in [2.75, 3.05) is 25.6 Å². The Bertz CT molecular complexity index is 993. The van der Waals surface area contributed by atoms with Gasteiger partial charge in [0.25, 0.3) is 0 Å². The third-order valence-electron chi connectivity index (χ3n) is 4.54. The van der Waals surface area contributed by atoms with E-state index in [0.717, 1.165) is 0 Å². The van der Waals surface area contributed by atoms with Crippen molar-refractivity contribution in [3.8, 4) is 0 Å². The number of hydrogen-bond donors (Lipinski definition) is 1. The zero-order valence-corrected chi connectivity index (χ0v) is 18.7. The molecular weight excluding hydrogens is 438 g/mol. The highest BCUT2D eigenvalue weighted by molar-refractivity contribution is 8.15. The van der Waals surface area contributed by atoms with Crippen LogP contribution in [-0.4, -0.2) is 53.2 Å². The molecule has 1 heterocycles. The highest BCUT2D eigenvalue weighted by Crippen LogP contribution is 2.32. The predicted octanol–water partition coefficient (Wildman–Crippen LogP) is 4.15. The molecule has 1 aliphatic rings. The number of rotatable bonds is 8. The number of thioether (sulfide) groups is 1. The van der Waals surface area contributed by atoms with Gasteiger partial charge in [-0.3, -0.25) is 19.3 Å². The van der Waals surface area contributed by atoms with E-state index in [-0.39, 0.29) is 24.0 Å². The maximum absolute atomic E-state index is 12.9. The maximum atomic E-state index is 12.9. The molecule has 7 nitrogen and oxygen atoms in total. The van der Waals surface area contributed by atoms with Gasteiger partial charge in [0.1, 0.15) is 5.25 Å². The number of carbonyl (C=O) groups excluding carboxylic acids is 3. The smallest absolute Gasteiger partial charge is 0.242 e. The summed E-state index contributed by atoms with van der Waals surface area (Å²) in [4.78, 5) is 42.9. The van der Waals surface area contributed by atoms with Crippen LogP contribution in [0.15, 0.2) is 53.5 Å². The van der Waals surface area contributed by atoms with Crippen LogP contribution in [0, 0.1) is 0 Å². The summed E-state index contributed by atoms with van der Waals surface area (Å²) in [6, 6.07) is 13.6. The molecule has 162 valence electrons. The second-order valence-electron chi connectivity index (χ2n) is 6.85. The number of aliphatic imine (C=N–C) groups is 1. The van der Waals surface area contributed by atoms with Crippen LogP contribution in [0.25, 0.3) is 0 Å². The van der Waals surface area contributed by atoms with Crippen molar-refractivity contribution in [1.82, 2.24) is 4.90 Å². The lowest BCUT2D eigenvalue weighted by atomic mass is 10.1. The first-order valence-corrected chi connectivity index (χ1v) is 10.8. The van der Waals surface area contributed by atoms with Crippen molar-refractivity contribution in [2.45, 2.75) is 18.6 Å². The van der Waals surface area contributed by atoms with Crippen molar-refractivity contribution < 1.29 is 19.1 Å². The van der Waals surface area contributed by atoms with Gasteiger partial charge in [0.05, 0.1) is 18.8 Å². The van der Waals surface area contributed by atoms with Crippen LogP contribution in [0.4, 0.5) is 11.4 Å². The number of ketones is 1. The van der Waals surface area contributed by atoms with Gasteiger partial charge in [0.15, 0.2) is 11.0 Å². The van der Waals surface area contributed by atoms with E-state index in [1.54, 1.807) is 60.5 Å². The van der Waals surface area contributed by atoms with Crippen LogP contribution in [0.3, 0.4) is 0 Å². The summed E-state index contributed by atoms with van der Waals surface area (Å²) in [7, 11) is 1.56. The molecule has 1 aliphatic heterocycles. The van der Waals surface area contributed by atoms with E-state index in [2.05, 4.69) is 10.3 Å². The number of benzene rings is 2. The first-order chi connectivity index (χ1) is 14.9. The van der Waals surface area contributed by atoms with Crippen molar-refractivity contribution >= 4 is 57.5 Å². The minimum absolute atomic E-state index is 0.00107. The predicted molar refractivity (Wildman–Crippen MR) is 123 cm³/mol. The van der Waals surface area contributed by atoms with Crippen LogP contribution in [-0.2, 0) is 14.3 Å². The van der Waals surface area contributed by atoms with E-state index in [4.69, 9.17) is 16.3 Å². The van der Waals surface area contributed by atoms with Crippen molar-refractivity contribution in [3.05, 3.63) is 59.1 Å². The third kappa shape index (κ3) is 6.16. The van der Waals surface area contributed by atoms with Crippen LogP contribution < -0.4 is 5.32 Å². The van der Waals surface area contributed by atoms with E-state index >= 15 is 0 Å². The molecule has 0 spiro atoms. The number of hydrogen-bond acceptors (Lipinski definition) is 6. The fourth-order valence-electron chi connectivity index (χ4n) is 2.91. The molecule has 1 saturated heterocycles. The summed E-state index contributed by atoms with van der Waals surface area (Å²) in [5, 5.41) is 3.31. The van der Waals surface area contributed by atoms with Crippen molar-refractivity contribution in [2.24, 2.45) is 4.99 Å². The molecule has 0 radical (unpaired) electrons. The highest BCUT2D eigenvalue weighted by atomic mass is 35.5. The molecule has 9 heteroatoms. The quantitative estimate of drug-likeness (QED) is 0.599. The van der Waals surface area contributed by atoms with Crippen LogP contribution in [0.5, 0.6) is 0 Å². The first kappa shape index (κ1) is 23.0. The number of nitrogens with one attached hydrogen (secondary N) is 1. The molecule has 2 aromatic carbocycles. The summed E-state index contributed by atoms with van der Waals surface area (Å²) < 4.78 is 5.11. The third-order valence-corrected chi connectivity index (χ3v) is 5.96. The minimum atomic E-state index is -0.584. The second-order valence-corrected chi connectivity index (χ2v) is 8.45. The fourth-order valence-corrected chi connectivity index (χ4v) is 4.22. The first-order valence-electron chi connectivity index (χ1n) is 9.59. The summed E-state index contributed by atoms with van der Waals surface area (Å²) in [5.41, 5.74) is 1.80. The van der Waals surface area contributed by atoms with Gasteiger partial charge in [0, 0.05) is 29.8 Å². The number of ether oxygens (including phenoxy) is 1. The Kier molecular flexibility index (Phi) is 7.84. The van der Waals surface area contributed by atoms with E-state index < -0.39 is 5.25 Å². The number of anilines is 1. The maximum Gasteiger partial charge on any atom is 0.242 e. The van der Waals surface area contributed by atoms with Crippen molar-refractivity contribution in [3.63, 3.8) is 0 Å². The topological polar surface area (TPSA) is 88.1 Å². The largest absolute Gasteiger partial charge is 0.383 e. The van der Waals surface area contributed by atoms with Crippen LogP contribution in [0.2, 0.25) is 5.02 Å². The number of methoxy groups -OCH3 is 1. The standard InChI is InChI=1S/C22H22ClN3O4S/c1-14(27)15-3-7-17(8-4-15)24-20(28)13-19-21(29)26(11-12-30-2)22(31-19)25-18-9-5-16(23)6-10-18/h3-10,19H,11-13H2,1-2H3,(H,24,28)/t19-/m1/s1. The molecule has 0 aliphatic carbocycles. The van der Waals surface area contributed by atoms with Gasteiger partial charge in [-0.05, 0) is 55.5 Å². The molecule has 1 N–H and O–H groups in total. The average molecular weight is 460 g/mol. The second kappa shape index (κ2) is 10.6. The molecule has 0 unspecified atom stereocenters. The van der Waals surface area contributed by atoms with E-state index in [1.165, 1.54) is 18.7 Å². The van der Waals surface area contributed by atoms with E-state index in [0.29, 0.717) is 40.3 Å². The molecule has 31 heavy (non-hydrogen) atoms. The van der Waals surface area contributed by atoms with Crippen molar-refractivity contribution in [1.29, 1.82) is 0 Å². The normalized spacial score (nSPS) is 17.3. The zero-order valence-electron chi connectivity index (χ0n) is 17.1. The van der Waals surface area contributed by atoms with Gasteiger partial charge in [-0.15, -0.1) is 0 Å². The van der Waals surface area contributed by atoms with Gasteiger partial charge >= 0.3 is 0 Å². The number of nitrogens with zero attached hydrogens (tertiary/aromatic N) is 2. The molecule has 1 atom stereocenters. The Balaban J connectivity index is 1.70. The van der Waals surface area contributed by atoms with Gasteiger partial charge in [-0.2, -0.15) is 0 Å². The van der Waals surface area contributed by atoms with Crippen LogP contribution >= 0.6 is 23.4 Å². The Hall–Kier alpha value is -2.68. The lowest BCUT2D eigenvalue weighted by Gasteiger charge is -2.15. The summed E-state index contributed by atoms with van der Waals surface area (Å²) in [6.07, 6.45) is 0.00107. The number of amidine groups is 1. The lowest BCUT2D eigenvalue weighted by molar-refractivity contribution is -0.128. The molecule has 2 amide bonds. The Morgan fingerprint density at radius 1 is 1.16 bits per heavy atom. The minimum Gasteiger partial charge on any atom is -0.383 e. The number of amides is 2. The Labute approximate surface area is 189 Å². The van der Waals surface area contributed by atoms with Gasteiger partial charge < -0.3 is 10.1 Å². The highest BCUT2D eigenvalue weighted by Gasteiger charge is 2.39. The molecule has 0 saturated carbocycles. The summed E-state index contributed by atoms with van der Waals surface area (Å²) in [5.74, 6) is -0.521. The zero-order chi connectivity index (χ0) is 22.4. The molecular formula is C22H22ClN3O4S. The molecule has 0 bridgehead atoms. The van der Waals surface area contributed by atoms with Gasteiger partial charge in [-0.1, -0.05) is 23.4 Å². The lowest BCUT2D eigenvalue weighted by Crippen LogP contribution is -2.35. The Morgan fingerprint density at radius 2 is 1.84 bits per heavy atom. The van der Waals surface area contributed by atoms with E-state index in [9.17, 15) is 14.4 Å². The van der Waals surface area contributed by atoms with Gasteiger partial charge in [-0.25, -0.2) is 4.99 Å². The molecule has 1 fully saturated rings. The monoisotopic (exact) mass is 459 g/mol. The average Bonchev–Trinajstić information content (AvgIpc) is 3.02. The molecule has 3 rings (SSSR count). The van der Waals surface area contributed by atoms with E-state index in [1.807, 2.05) is 0 Å². The Morgan fingerprint density at radius 3 is 2.45 bits per heavy atom. The number of Topliss-reactive ketones (excluding diaryl/α,β-unsaturated/α-hetero) is 1. The SMILES string of the molecule is COCCN1C(=O)[C@@H](CC(=O)Nc2ccc(C(C)=O)cc2)SC1=Nc1ccc(Cl)cc1. The molecule has 0 aromatic heterocycles. The summed E-state index contributed by atoms with van der Waals surface area (Å²) in [6.45, 7) is 2.18. The fraction of sp³-hybridized carbons (Fsp3) is 0.273. The summed E-state index contributed by atoms with van der Waals surface area (Å²) >= 11 is 7.18. The number of carbonyl (C=O) groups is 3. The number of halogens is 1. The van der Waals surface area contributed by atoms with Gasteiger partial charge in [0.2, 0.25) is 11.8 Å². The molecule has 2 aromatic rings.